The molecular weight excluding hydrogens is 256 g/mol. The molecule has 0 radical (unpaired) electrons. The lowest BCUT2D eigenvalue weighted by Gasteiger charge is -2.03. The Labute approximate surface area is 109 Å². The number of aryl methyl sites for hydroxylation is 1. The highest BCUT2D eigenvalue weighted by atomic mass is 35.5. The molecule has 0 spiro atoms. The summed E-state index contributed by atoms with van der Waals surface area (Å²) in [7, 11) is 0. The molecule has 3 nitrogen and oxygen atoms in total. The highest BCUT2D eigenvalue weighted by Gasteiger charge is 2.01. The minimum absolute atomic E-state index is 0.498. The molecule has 17 heavy (non-hydrogen) atoms. The molecule has 0 atom stereocenters. The molecule has 2 heterocycles. The zero-order valence-electron chi connectivity index (χ0n) is 9.52. The van der Waals surface area contributed by atoms with Gasteiger partial charge in [0, 0.05) is 22.5 Å². The first-order valence-electron chi connectivity index (χ1n) is 5.33. The highest BCUT2D eigenvalue weighted by molar-refractivity contribution is 7.09. The molecule has 0 aliphatic carbocycles. The Morgan fingerprint density at radius 2 is 2.29 bits per heavy atom. The van der Waals surface area contributed by atoms with Gasteiger partial charge < -0.3 is 4.74 Å². The van der Waals surface area contributed by atoms with Crippen LogP contribution in [-0.2, 0) is 17.8 Å². The van der Waals surface area contributed by atoms with Crippen LogP contribution in [-0.4, -0.2) is 16.6 Å². The number of thiazole rings is 1. The maximum absolute atomic E-state index is 5.86. The van der Waals surface area contributed by atoms with Gasteiger partial charge in [-0.25, -0.2) is 4.98 Å². The van der Waals surface area contributed by atoms with Crippen LogP contribution >= 0.6 is 22.9 Å². The lowest BCUT2D eigenvalue weighted by atomic mass is 10.3. The molecule has 2 aromatic heterocycles. The van der Waals surface area contributed by atoms with Crippen molar-refractivity contribution in [2.24, 2.45) is 0 Å². The van der Waals surface area contributed by atoms with Crippen LogP contribution in [0.3, 0.4) is 0 Å². The van der Waals surface area contributed by atoms with E-state index in [0.717, 1.165) is 17.8 Å². The number of nitrogens with zero attached hydrogens (tertiary/aromatic N) is 2. The van der Waals surface area contributed by atoms with Crippen LogP contribution in [0, 0.1) is 6.92 Å². The van der Waals surface area contributed by atoms with Crippen molar-refractivity contribution in [3.05, 3.63) is 45.1 Å². The van der Waals surface area contributed by atoms with Crippen molar-refractivity contribution in [3.63, 3.8) is 0 Å². The van der Waals surface area contributed by atoms with Crippen LogP contribution in [0.25, 0.3) is 0 Å². The van der Waals surface area contributed by atoms with E-state index in [2.05, 4.69) is 9.97 Å². The SMILES string of the molecule is Cc1ncsc1CCOCc1cc(Cl)ccn1. The van der Waals surface area contributed by atoms with E-state index in [4.69, 9.17) is 16.3 Å². The van der Waals surface area contributed by atoms with E-state index in [9.17, 15) is 0 Å². The number of hydrogen-bond donors (Lipinski definition) is 0. The molecular formula is C12H13ClN2OS. The quantitative estimate of drug-likeness (QED) is 0.781. The van der Waals surface area contributed by atoms with Crippen molar-refractivity contribution in [2.45, 2.75) is 20.0 Å². The molecule has 0 fully saturated rings. The van der Waals surface area contributed by atoms with Gasteiger partial charge in [0.25, 0.3) is 0 Å². The second-order valence-electron chi connectivity index (χ2n) is 3.63. The third kappa shape index (κ3) is 3.77. The fourth-order valence-electron chi connectivity index (χ4n) is 1.44. The Kier molecular flexibility index (Phi) is 4.48. The molecule has 0 aromatic carbocycles. The van der Waals surface area contributed by atoms with Crippen LogP contribution in [0.1, 0.15) is 16.3 Å². The van der Waals surface area contributed by atoms with E-state index in [1.165, 1.54) is 4.88 Å². The fraction of sp³-hybridized carbons (Fsp3) is 0.333. The first kappa shape index (κ1) is 12.5. The smallest absolute Gasteiger partial charge is 0.0888 e. The normalized spacial score (nSPS) is 10.7. The standard InChI is InChI=1S/C12H13ClN2OS/c1-9-12(17-8-15-9)3-5-16-7-11-6-10(13)2-4-14-11/h2,4,6,8H,3,5,7H2,1H3. The average molecular weight is 269 g/mol. The summed E-state index contributed by atoms with van der Waals surface area (Å²) in [6, 6.07) is 3.57. The Balaban J connectivity index is 1.75. The van der Waals surface area contributed by atoms with E-state index in [1.807, 2.05) is 18.5 Å². The first-order chi connectivity index (χ1) is 8.25. The third-order valence-corrected chi connectivity index (χ3v) is 3.58. The summed E-state index contributed by atoms with van der Waals surface area (Å²) in [5, 5.41) is 0.692. The van der Waals surface area contributed by atoms with Crippen molar-refractivity contribution >= 4 is 22.9 Å². The van der Waals surface area contributed by atoms with E-state index < -0.39 is 0 Å². The van der Waals surface area contributed by atoms with E-state index in [-0.39, 0.29) is 0 Å². The molecule has 0 saturated heterocycles. The van der Waals surface area contributed by atoms with Gasteiger partial charge in [-0.2, -0.15) is 0 Å². The molecule has 2 rings (SSSR count). The minimum atomic E-state index is 0.498. The molecule has 0 aliphatic heterocycles. The maximum Gasteiger partial charge on any atom is 0.0888 e. The number of halogens is 1. The van der Waals surface area contributed by atoms with Crippen molar-refractivity contribution < 1.29 is 4.74 Å². The van der Waals surface area contributed by atoms with Crippen LogP contribution in [0.15, 0.2) is 23.8 Å². The monoisotopic (exact) mass is 268 g/mol. The number of pyridine rings is 1. The van der Waals surface area contributed by atoms with E-state index >= 15 is 0 Å². The van der Waals surface area contributed by atoms with E-state index in [0.29, 0.717) is 18.2 Å². The summed E-state index contributed by atoms with van der Waals surface area (Å²) in [4.78, 5) is 9.65. The van der Waals surface area contributed by atoms with Crippen molar-refractivity contribution in [1.29, 1.82) is 0 Å². The van der Waals surface area contributed by atoms with Crippen LogP contribution in [0.5, 0.6) is 0 Å². The summed E-state index contributed by atoms with van der Waals surface area (Å²) >= 11 is 7.53. The Morgan fingerprint density at radius 1 is 1.41 bits per heavy atom. The predicted octanol–water partition coefficient (Wildman–Crippen LogP) is 3.26. The highest BCUT2D eigenvalue weighted by Crippen LogP contribution is 2.13. The van der Waals surface area contributed by atoms with Crippen molar-refractivity contribution in [2.75, 3.05) is 6.61 Å². The average Bonchev–Trinajstić information content (AvgIpc) is 2.71. The number of aromatic nitrogens is 2. The van der Waals surface area contributed by atoms with Crippen molar-refractivity contribution in [3.8, 4) is 0 Å². The second kappa shape index (κ2) is 6.10. The summed E-state index contributed by atoms with van der Waals surface area (Å²) in [5.41, 5.74) is 3.82. The van der Waals surface area contributed by atoms with Crippen molar-refractivity contribution in [1.82, 2.24) is 9.97 Å². The topological polar surface area (TPSA) is 35.0 Å². The molecule has 2 aromatic rings. The summed E-state index contributed by atoms with van der Waals surface area (Å²) in [5.74, 6) is 0. The number of ether oxygens (including phenoxy) is 1. The number of rotatable bonds is 5. The van der Waals surface area contributed by atoms with Gasteiger partial charge in [0.1, 0.15) is 0 Å². The van der Waals surface area contributed by atoms with Gasteiger partial charge in [-0.3, -0.25) is 4.98 Å². The number of hydrogen-bond acceptors (Lipinski definition) is 4. The van der Waals surface area contributed by atoms with Gasteiger partial charge in [-0.1, -0.05) is 11.6 Å². The lowest BCUT2D eigenvalue weighted by Crippen LogP contribution is -2.00. The Bertz CT molecular complexity index is 487. The van der Waals surface area contributed by atoms with Crippen LogP contribution in [0.2, 0.25) is 5.02 Å². The molecule has 0 N–H and O–H groups in total. The van der Waals surface area contributed by atoms with Gasteiger partial charge in [0.15, 0.2) is 0 Å². The molecule has 5 heteroatoms. The van der Waals surface area contributed by atoms with Gasteiger partial charge in [0.05, 0.1) is 30.1 Å². The van der Waals surface area contributed by atoms with Gasteiger partial charge in [-0.15, -0.1) is 11.3 Å². The second-order valence-corrected chi connectivity index (χ2v) is 5.00. The maximum atomic E-state index is 5.86. The Hall–Kier alpha value is -0.970. The summed E-state index contributed by atoms with van der Waals surface area (Å²) in [6.07, 6.45) is 2.59. The zero-order valence-corrected chi connectivity index (χ0v) is 11.1. The summed E-state index contributed by atoms with van der Waals surface area (Å²) < 4.78 is 5.56. The molecule has 0 aliphatic rings. The molecule has 90 valence electrons. The van der Waals surface area contributed by atoms with Gasteiger partial charge in [-0.05, 0) is 19.1 Å². The first-order valence-corrected chi connectivity index (χ1v) is 6.58. The minimum Gasteiger partial charge on any atom is -0.375 e. The zero-order chi connectivity index (χ0) is 12.1. The lowest BCUT2D eigenvalue weighted by molar-refractivity contribution is 0.121. The fourth-order valence-corrected chi connectivity index (χ4v) is 2.38. The van der Waals surface area contributed by atoms with Gasteiger partial charge >= 0.3 is 0 Å². The third-order valence-electron chi connectivity index (χ3n) is 2.35. The van der Waals surface area contributed by atoms with E-state index in [1.54, 1.807) is 23.6 Å². The summed E-state index contributed by atoms with van der Waals surface area (Å²) in [6.45, 7) is 3.19. The molecule has 0 saturated carbocycles. The van der Waals surface area contributed by atoms with Crippen LogP contribution < -0.4 is 0 Å². The largest absolute Gasteiger partial charge is 0.375 e. The molecule has 0 unspecified atom stereocenters. The van der Waals surface area contributed by atoms with Crippen LogP contribution in [0.4, 0.5) is 0 Å². The Morgan fingerprint density at radius 3 is 3.00 bits per heavy atom. The molecule has 0 bridgehead atoms. The van der Waals surface area contributed by atoms with Gasteiger partial charge in [0.2, 0.25) is 0 Å². The molecule has 0 amide bonds. The predicted molar refractivity (Wildman–Crippen MR) is 69.5 cm³/mol.